The third-order valence-corrected chi connectivity index (χ3v) is 7.02. The zero-order valence-corrected chi connectivity index (χ0v) is 21.2. The number of imide groups is 1. The first-order valence-corrected chi connectivity index (χ1v) is 12.5. The third-order valence-electron chi connectivity index (χ3n) is 7.02. The van der Waals surface area contributed by atoms with Crippen molar-refractivity contribution in [1.82, 2.24) is 15.1 Å². The van der Waals surface area contributed by atoms with Crippen LogP contribution in [0.3, 0.4) is 0 Å². The lowest BCUT2D eigenvalue weighted by atomic mass is 9.85. The van der Waals surface area contributed by atoms with Crippen molar-refractivity contribution in [2.45, 2.75) is 71.5 Å². The minimum absolute atomic E-state index is 0.0119. The fourth-order valence-corrected chi connectivity index (χ4v) is 4.77. The number of benzene rings is 1. The summed E-state index contributed by atoms with van der Waals surface area (Å²) in [7, 11) is 1.58. The van der Waals surface area contributed by atoms with Gasteiger partial charge in [0.25, 0.3) is 0 Å². The Bertz CT molecular complexity index is 949. The second-order valence-electron chi connectivity index (χ2n) is 9.35. The van der Waals surface area contributed by atoms with Crippen molar-refractivity contribution < 1.29 is 23.9 Å². The van der Waals surface area contributed by atoms with E-state index in [4.69, 9.17) is 4.74 Å². The minimum atomic E-state index is -0.667. The molecule has 1 aromatic carbocycles. The molecule has 1 aliphatic heterocycles. The highest BCUT2D eigenvalue weighted by Crippen LogP contribution is 2.35. The predicted octanol–water partition coefficient (Wildman–Crippen LogP) is 3.06. The van der Waals surface area contributed by atoms with Crippen LogP contribution in [0.4, 0.5) is 0 Å². The fraction of sp³-hybridized carbons (Fsp3) is 0.556. The molecule has 0 aromatic heterocycles. The molecule has 0 radical (unpaired) electrons. The molecule has 190 valence electrons. The highest BCUT2D eigenvalue weighted by atomic mass is 16.5. The maximum atomic E-state index is 13.5. The van der Waals surface area contributed by atoms with Gasteiger partial charge in [0.2, 0.25) is 23.6 Å². The maximum Gasteiger partial charge on any atom is 0.243 e. The Morgan fingerprint density at radius 3 is 2.34 bits per heavy atom. The summed E-state index contributed by atoms with van der Waals surface area (Å²) in [5, 5.41) is 2.99. The third kappa shape index (κ3) is 6.10. The molecule has 3 rings (SSSR count). The number of carbonyl (C=O) groups is 4. The van der Waals surface area contributed by atoms with E-state index in [9.17, 15) is 19.2 Å². The van der Waals surface area contributed by atoms with E-state index in [2.05, 4.69) is 5.32 Å². The van der Waals surface area contributed by atoms with Crippen molar-refractivity contribution in [3.8, 4) is 5.75 Å². The van der Waals surface area contributed by atoms with Gasteiger partial charge in [0.1, 0.15) is 11.8 Å². The molecule has 1 saturated heterocycles. The summed E-state index contributed by atoms with van der Waals surface area (Å²) in [5.74, 6) is -0.843. The smallest absolute Gasteiger partial charge is 0.243 e. The van der Waals surface area contributed by atoms with Crippen molar-refractivity contribution >= 4 is 23.6 Å². The summed E-state index contributed by atoms with van der Waals surface area (Å²) >= 11 is 0. The summed E-state index contributed by atoms with van der Waals surface area (Å²) in [6, 6.07) is 6.70. The Morgan fingerprint density at radius 1 is 1.11 bits per heavy atom. The molecule has 2 unspecified atom stereocenters. The Labute approximate surface area is 207 Å². The highest BCUT2D eigenvalue weighted by Gasteiger charge is 2.47. The number of nitrogens with zero attached hydrogens (tertiary/aromatic N) is 2. The first kappa shape index (κ1) is 26.4. The number of hydrogen-bond donors (Lipinski definition) is 1. The van der Waals surface area contributed by atoms with Crippen LogP contribution in [0.5, 0.6) is 5.75 Å². The maximum absolute atomic E-state index is 13.5. The Hall–Kier alpha value is -3.16. The molecule has 4 atom stereocenters. The van der Waals surface area contributed by atoms with Crippen LogP contribution in [0.15, 0.2) is 36.4 Å². The summed E-state index contributed by atoms with van der Waals surface area (Å²) in [4.78, 5) is 55.0. The SMILES string of the molecule is CCC(C)NC(=O)C(CC)N(Cc1cccc(OC)c1)C(=O)CCN1C(=O)[C@H]2CC=CC[C@H]2C1=O. The van der Waals surface area contributed by atoms with E-state index in [0.717, 1.165) is 12.0 Å². The molecule has 35 heavy (non-hydrogen) atoms. The van der Waals surface area contributed by atoms with Gasteiger partial charge in [-0.2, -0.15) is 0 Å². The molecule has 1 fully saturated rings. The van der Waals surface area contributed by atoms with Crippen LogP contribution in [-0.2, 0) is 25.7 Å². The average molecular weight is 484 g/mol. The second kappa shape index (κ2) is 12.0. The number of amides is 4. The van der Waals surface area contributed by atoms with E-state index in [1.54, 1.807) is 12.0 Å². The first-order chi connectivity index (χ1) is 16.8. The van der Waals surface area contributed by atoms with Gasteiger partial charge in [-0.15, -0.1) is 0 Å². The molecule has 1 aromatic rings. The van der Waals surface area contributed by atoms with Gasteiger partial charge in [0, 0.05) is 25.6 Å². The van der Waals surface area contributed by atoms with Crippen molar-refractivity contribution in [1.29, 1.82) is 0 Å². The molecule has 0 saturated carbocycles. The van der Waals surface area contributed by atoms with Crippen LogP contribution in [0.2, 0.25) is 0 Å². The number of allylic oxidation sites excluding steroid dienone is 2. The van der Waals surface area contributed by atoms with Crippen LogP contribution in [0.1, 0.15) is 58.4 Å². The lowest BCUT2D eigenvalue weighted by molar-refractivity contribution is -0.144. The number of ether oxygens (including phenoxy) is 1. The lowest BCUT2D eigenvalue weighted by Crippen LogP contribution is -2.51. The molecule has 0 bridgehead atoms. The van der Waals surface area contributed by atoms with E-state index in [0.29, 0.717) is 25.0 Å². The summed E-state index contributed by atoms with van der Waals surface area (Å²) < 4.78 is 5.31. The van der Waals surface area contributed by atoms with Crippen molar-refractivity contribution in [3.63, 3.8) is 0 Å². The van der Waals surface area contributed by atoms with Crippen molar-refractivity contribution in [2.75, 3.05) is 13.7 Å². The van der Waals surface area contributed by atoms with Gasteiger partial charge < -0.3 is 15.0 Å². The summed E-state index contributed by atoms with van der Waals surface area (Å²) in [6.45, 7) is 6.04. The zero-order chi connectivity index (χ0) is 25.5. The van der Waals surface area contributed by atoms with E-state index in [1.165, 1.54) is 4.90 Å². The van der Waals surface area contributed by atoms with Crippen molar-refractivity contribution in [2.24, 2.45) is 11.8 Å². The Kier molecular flexibility index (Phi) is 9.07. The van der Waals surface area contributed by atoms with Crippen LogP contribution in [0, 0.1) is 11.8 Å². The molecule has 1 N–H and O–H groups in total. The molecule has 0 spiro atoms. The molecular weight excluding hydrogens is 446 g/mol. The van der Waals surface area contributed by atoms with Crippen LogP contribution < -0.4 is 10.1 Å². The largest absolute Gasteiger partial charge is 0.497 e. The molecular formula is C27H37N3O5. The quantitative estimate of drug-likeness (QED) is 0.386. The monoisotopic (exact) mass is 483 g/mol. The summed E-state index contributed by atoms with van der Waals surface area (Å²) in [6.07, 6.45) is 6.21. The number of likely N-dealkylation sites (tertiary alicyclic amines) is 1. The van der Waals surface area contributed by atoms with Gasteiger partial charge in [-0.1, -0.05) is 38.1 Å². The molecule has 2 aliphatic rings. The number of methoxy groups -OCH3 is 1. The van der Waals surface area contributed by atoms with Crippen molar-refractivity contribution in [3.05, 3.63) is 42.0 Å². The molecule has 8 heteroatoms. The summed E-state index contributed by atoms with van der Waals surface area (Å²) in [5.41, 5.74) is 0.831. The fourth-order valence-electron chi connectivity index (χ4n) is 4.77. The highest BCUT2D eigenvalue weighted by molar-refractivity contribution is 6.05. The topological polar surface area (TPSA) is 96.0 Å². The van der Waals surface area contributed by atoms with E-state index < -0.39 is 6.04 Å². The van der Waals surface area contributed by atoms with Gasteiger partial charge in [-0.05, 0) is 50.3 Å². The van der Waals surface area contributed by atoms with Gasteiger partial charge >= 0.3 is 0 Å². The van der Waals surface area contributed by atoms with Gasteiger partial charge in [0.15, 0.2) is 0 Å². The molecule has 4 amide bonds. The zero-order valence-electron chi connectivity index (χ0n) is 21.2. The average Bonchev–Trinajstić information content (AvgIpc) is 3.11. The lowest BCUT2D eigenvalue weighted by Gasteiger charge is -2.32. The number of fused-ring (bicyclic) bond motifs is 1. The molecule has 8 nitrogen and oxygen atoms in total. The molecule has 1 heterocycles. The Balaban J connectivity index is 1.77. The van der Waals surface area contributed by atoms with Crippen LogP contribution >= 0.6 is 0 Å². The minimum Gasteiger partial charge on any atom is -0.497 e. The normalized spacial score (nSPS) is 20.9. The van der Waals surface area contributed by atoms with Gasteiger partial charge in [-0.25, -0.2) is 0 Å². The van der Waals surface area contributed by atoms with Gasteiger partial charge in [0.05, 0.1) is 18.9 Å². The van der Waals surface area contributed by atoms with Crippen LogP contribution in [-0.4, -0.2) is 59.2 Å². The molecule has 1 aliphatic carbocycles. The standard InChI is InChI=1S/C27H37N3O5/c1-5-18(3)28-25(32)23(6-2)30(17-19-10-9-11-20(16-19)35-4)24(31)14-15-29-26(33)21-12-7-8-13-22(21)27(29)34/h7-11,16,18,21-23H,5-6,12-15,17H2,1-4H3,(H,28,32)/t18?,21-,22+,23?. The Morgan fingerprint density at radius 2 is 1.77 bits per heavy atom. The number of nitrogens with one attached hydrogen (secondary N) is 1. The van der Waals surface area contributed by atoms with E-state index >= 15 is 0 Å². The first-order valence-electron chi connectivity index (χ1n) is 12.5. The number of hydrogen-bond acceptors (Lipinski definition) is 5. The van der Waals surface area contributed by atoms with E-state index in [1.807, 2.05) is 57.2 Å². The number of carbonyl (C=O) groups excluding carboxylic acids is 4. The second-order valence-corrected chi connectivity index (χ2v) is 9.35. The number of rotatable bonds is 11. The van der Waals surface area contributed by atoms with Gasteiger partial charge in [-0.3, -0.25) is 24.1 Å². The van der Waals surface area contributed by atoms with Crippen LogP contribution in [0.25, 0.3) is 0 Å². The predicted molar refractivity (Wildman–Crippen MR) is 132 cm³/mol. The van der Waals surface area contributed by atoms with E-state index in [-0.39, 0.29) is 61.0 Å².